The van der Waals surface area contributed by atoms with E-state index in [0.29, 0.717) is 19.5 Å². The van der Waals surface area contributed by atoms with Crippen molar-refractivity contribution in [2.24, 2.45) is 10.4 Å². The number of aliphatic imine (C=N–C) groups is 1. The normalized spacial score (nSPS) is 14.4. The van der Waals surface area contributed by atoms with Crippen LogP contribution in [0.4, 0.5) is 0 Å². The molecule has 1 amide bonds. The number of ether oxygens (including phenoxy) is 1. The van der Waals surface area contributed by atoms with Crippen LogP contribution in [-0.4, -0.2) is 50.8 Å². The van der Waals surface area contributed by atoms with Crippen LogP contribution < -0.4 is 16.0 Å². The van der Waals surface area contributed by atoms with E-state index < -0.39 is 0 Å². The molecule has 24 heavy (non-hydrogen) atoms. The highest BCUT2D eigenvalue weighted by Gasteiger charge is 2.24. The van der Waals surface area contributed by atoms with Crippen molar-refractivity contribution in [3.05, 3.63) is 0 Å². The van der Waals surface area contributed by atoms with Gasteiger partial charge in [-0.25, -0.2) is 0 Å². The van der Waals surface area contributed by atoms with E-state index in [-0.39, 0.29) is 47.4 Å². The molecule has 0 aliphatic rings. The molecule has 0 heterocycles. The van der Waals surface area contributed by atoms with Crippen LogP contribution in [0.5, 0.6) is 0 Å². The quantitative estimate of drug-likeness (QED) is 0.283. The molecule has 0 aromatic heterocycles. The number of methoxy groups -OCH3 is 1. The molecule has 7 heteroatoms. The Morgan fingerprint density at radius 3 is 2.29 bits per heavy atom. The Balaban J connectivity index is 0. The summed E-state index contributed by atoms with van der Waals surface area (Å²) < 4.78 is 5.52. The third-order valence-corrected chi connectivity index (χ3v) is 3.67. The molecule has 6 nitrogen and oxygen atoms in total. The van der Waals surface area contributed by atoms with E-state index in [9.17, 15) is 4.79 Å². The number of carbonyl (C=O) groups excluding carboxylic acids is 1. The highest BCUT2D eigenvalue weighted by Crippen LogP contribution is 2.21. The number of amides is 1. The Hall–Kier alpha value is -0.570. The van der Waals surface area contributed by atoms with E-state index in [1.54, 1.807) is 7.11 Å². The Labute approximate surface area is 165 Å². The number of nitrogens with zero attached hydrogens (tertiary/aromatic N) is 1. The number of carbonyl (C=O) groups is 1. The summed E-state index contributed by atoms with van der Waals surface area (Å²) in [6, 6.07) is 0.221. The zero-order valence-electron chi connectivity index (χ0n) is 16.4. The summed E-state index contributed by atoms with van der Waals surface area (Å²) in [4.78, 5) is 16.3. The Morgan fingerprint density at radius 2 is 1.83 bits per heavy atom. The number of guanidine groups is 1. The number of hydrogen-bond acceptors (Lipinski definition) is 3. The zero-order valence-corrected chi connectivity index (χ0v) is 18.7. The van der Waals surface area contributed by atoms with Crippen LogP contribution in [-0.2, 0) is 9.53 Å². The minimum atomic E-state index is 0. The number of halogens is 1. The van der Waals surface area contributed by atoms with E-state index in [1.165, 1.54) is 0 Å². The van der Waals surface area contributed by atoms with Crippen molar-refractivity contribution in [2.75, 3.05) is 26.7 Å². The standard InChI is InChI=1S/C17H36N4O2.HI/c1-8-13(3)21-15(22)10-11-19-16(18-9-2)20-12-14(23-7)17(4,5)6;/h13-14H,8-12H2,1-7H3,(H,21,22)(H2,18,19,20);1H. The lowest BCUT2D eigenvalue weighted by molar-refractivity contribution is -0.121. The largest absolute Gasteiger partial charge is 0.379 e. The van der Waals surface area contributed by atoms with Crippen LogP contribution in [0.1, 0.15) is 54.4 Å². The van der Waals surface area contributed by atoms with Crippen LogP contribution in [0, 0.1) is 5.41 Å². The Morgan fingerprint density at radius 1 is 1.21 bits per heavy atom. The molecule has 0 aliphatic carbocycles. The van der Waals surface area contributed by atoms with Crippen molar-refractivity contribution >= 4 is 35.8 Å². The highest BCUT2D eigenvalue weighted by atomic mass is 127. The first-order valence-corrected chi connectivity index (χ1v) is 8.58. The van der Waals surface area contributed by atoms with Gasteiger partial charge in [0.2, 0.25) is 5.91 Å². The lowest BCUT2D eigenvalue weighted by Gasteiger charge is -2.28. The minimum Gasteiger partial charge on any atom is -0.379 e. The topological polar surface area (TPSA) is 74.8 Å². The number of rotatable bonds is 9. The van der Waals surface area contributed by atoms with Crippen molar-refractivity contribution in [1.82, 2.24) is 16.0 Å². The van der Waals surface area contributed by atoms with E-state index in [4.69, 9.17) is 4.74 Å². The summed E-state index contributed by atoms with van der Waals surface area (Å²) >= 11 is 0. The predicted octanol–water partition coefficient (Wildman–Crippen LogP) is 2.53. The third kappa shape index (κ3) is 11.9. The first-order chi connectivity index (χ1) is 10.7. The second-order valence-electron chi connectivity index (χ2n) is 6.86. The minimum absolute atomic E-state index is 0. The van der Waals surface area contributed by atoms with Gasteiger partial charge in [0.1, 0.15) is 0 Å². The van der Waals surface area contributed by atoms with Crippen LogP contribution in [0.2, 0.25) is 0 Å². The van der Waals surface area contributed by atoms with Gasteiger partial charge >= 0.3 is 0 Å². The first-order valence-electron chi connectivity index (χ1n) is 8.58. The fraction of sp³-hybridized carbons (Fsp3) is 0.882. The Kier molecular flexibility index (Phi) is 14.6. The molecule has 0 bridgehead atoms. The van der Waals surface area contributed by atoms with Crippen molar-refractivity contribution in [1.29, 1.82) is 0 Å². The maximum atomic E-state index is 11.8. The van der Waals surface area contributed by atoms with Gasteiger partial charge in [-0.05, 0) is 25.7 Å². The molecule has 0 spiro atoms. The SMILES string of the molecule is CCNC(=NCC(OC)C(C)(C)C)NCCC(=O)NC(C)CC.I. The van der Waals surface area contributed by atoms with E-state index in [0.717, 1.165) is 18.9 Å². The third-order valence-electron chi connectivity index (χ3n) is 3.67. The van der Waals surface area contributed by atoms with Gasteiger partial charge in [0.05, 0.1) is 12.6 Å². The molecule has 0 fully saturated rings. The van der Waals surface area contributed by atoms with Crippen molar-refractivity contribution in [3.8, 4) is 0 Å². The monoisotopic (exact) mass is 456 g/mol. The van der Waals surface area contributed by atoms with Gasteiger partial charge in [-0.15, -0.1) is 24.0 Å². The van der Waals surface area contributed by atoms with E-state index in [2.05, 4.69) is 48.6 Å². The summed E-state index contributed by atoms with van der Waals surface area (Å²) in [5.74, 6) is 0.780. The van der Waals surface area contributed by atoms with Crippen molar-refractivity contribution in [3.63, 3.8) is 0 Å². The molecule has 0 rings (SSSR count). The molecule has 144 valence electrons. The summed E-state index contributed by atoms with van der Waals surface area (Å²) in [7, 11) is 1.71. The molecule has 3 N–H and O–H groups in total. The van der Waals surface area contributed by atoms with E-state index in [1.807, 2.05) is 13.8 Å². The van der Waals surface area contributed by atoms with Crippen LogP contribution in [0.25, 0.3) is 0 Å². The summed E-state index contributed by atoms with van der Waals surface area (Å²) in [6.45, 7) is 14.4. The zero-order chi connectivity index (χ0) is 17.9. The lowest BCUT2D eigenvalue weighted by atomic mass is 9.89. The van der Waals surface area contributed by atoms with Crippen molar-refractivity contribution in [2.45, 2.75) is 66.5 Å². The van der Waals surface area contributed by atoms with Gasteiger partial charge in [-0.2, -0.15) is 0 Å². The lowest BCUT2D eigenvalue weighted by Crippen LogP contribution is -2.41. The highest BCUT2D eigenvalue weighted by molar-refractivity contribution is 14.0. The van der Waals surface area contributed by atoms with Crippen LogP contribution in [0.15, 0.2) is 4.99 Å². The maximum Gasteiger partial charge on any atom is 0.221 e. The summed E-state index contributed by atoms with van der Waals surface area (Å²) in [6.07, 6.45) is 1.42. The predicted molar refractivity (Wildman–Crippen MR) is 112 cm³/mol. The summed E-state index contributed by atoms with van der Waals surface area (Å²) in [5.41, 5.74) is 0.0335. The van der Waals surface area contributed by atoms with Gasteiger partial charge in [-0.3, -0.25) is 9.79 Å². The molecule has 0 aromatic carbocycles. The maximum absolute atomic E-state index is 11.8. The van der Waals surface area contributed by atoms with Crippen LogP contribution in [0.3, 0.4) is 0 Å². The molecule has 0 aromatic rings. The molecule has 0 saturated carbocycles. The first kappa shape index (κ1) is 25.7. The Bertz CT molecular complexity index is 370. The molecule has 0 radical (unpaired) electrons. The fourth-order valence-electron chi connectivity index (χ4n) is 1.96. The van der Waals surface area contributed by atoms with Gasteiger partial charge in [0, 0.05) is 32.7 Å². The second-order valence-corrected chi connectivity index (χ2v) is 6.86. The fourth-order valence-corrected chi connectivity index (χ4v) is 1.96. The molecule has 0 saturated heterocycles. The van der Waals surface area contributed by atoms with Crippen LogP contribution >= 0.6 is 24.0 Å². The number of hydrogen-bond donors (Lipinski definition) is 3. The molecular weight excluding hydrogens is 419 g/mol. The van der Waals surface area contributed by atoms with Gasteiger partial charge in [0.25, 0.3) is 0 Å². The average molecular weight is 456 g/mol. The smallest absolute Gasteiger partial charge is 0.221 e. The van der Waals surface area contributed by atoms with Crippen molar-refractivity contribution < 1.29 is 9.53 Å². The van der Waals surface area contributed by atoms with Gasteiger partial charge in [0.15, 0.2) is 5.96 Å². The second kappa shape index (κ2) is 13.7. The molecular formula is C17H37IN4O2. The molecule has 2 atom stereocenters. The summed E-state index contributed by atoms with van der Waals surface area (Å²) in [5, 5.41) is 9.34. The number of nitrogens with one attached hydrogen (secondary N) is 3. The molecule has 2 unspecified atom stereocenters. The van der Waals surface area contributed by atoms with Gasteiger partial charge < -0.3 is 20.7 Å². The molecule has 0 aliphatic heterocycles. The average Bonchev–Trinajstić information content (AvgIpc) is 2.46. The van der Waals surface area contributed by atoms with E-state index >= 15 is 0 Å². The van der Waals surface area contributed by atoms with Gasteiger partial charge in [-0.1, -0.05) is 27.7 Å².